The molecule has 1 aliphatic rings. The van der Waals surface area contributed by atoms with Crippen molar-refractivity contribution in [1.29, 1.82) is 0 Å². The Morgan fingerprint density at radius 3 is 2.68 bits per heavy atom. The van der Waals surface area contributed by atoms with Crippen molar-refractivity contribution in [3.05, 3.63) is 46.2 Å². The highest BCUT2D eigenvalue weighted by Gasteiger charge is 2.29. The Hall–Kier alpha value is -3.20. The van der Waals surface area contributed by atoms with E-state index in [0.717, 1.165) is 49.0 Å². The van der Waals surface area contributed by atoms with Gasteiger partial charge in [-0.2, -0.15) is 0 Å². The van der Waals surface area contributed by atoms with Gasteiger partial charge in [-0.25, -0.2) is 14.6 Å². The minimum absolute atomic E-state index is 0.252. The van der Waals surface area contributed by atoms with Gasteiger partial charge in [-0.15, -0.1) is 11.3 Å². The van der Waals surface area contributed by atoms with Gasteiger partial charge in [0, 0.05) is 4.88 Å². The summed E-state index contributed by atoms with van der Waals surface area (Å²) in [5.74, 6) is -1.54. The maximum absolute atomic E-state index is 13.1. The number of oxazole rings is 1. The van der Waals surface area contributed by atoms with E-state index in [-0.39, 0.29) is 18.6 Å². The number of esters is 2. The number of fused-ring (bicyclic) bond motifs is 2. The quantitative estimate of drug-likeness (QED) is 0.453. The van der Waals surface area contributed by atoms with Crippen LogP contribution in [0, 0.1) is 0 Å². The fraction of sp³-hybridized carbons (Fsp3) is 0.440. The molecule has 1 unspecified atom stereocenters. The predicted molar refractivity (Wildman–Crippen MR) is 128 cm³/mol. The normalized spacial score (nSPS) is 14.5. The molecule has 4 rings (SSSR count). The van der Waals surface area contributed by atoms with Crippen LogP contribution in [0.3, 0.4) is 0 Å². The van der Waals surface area contributed by atoms with Crippen LogP contribution in [-0.2, 0) is 27.1 Å². The second-order valence-corrected chi connectivity index (χ2v) is 9.27. The molecule has 0 aliphatic heterocycles. The molecule has 2 heterocycles. The molecule has 0 saturated heterocycles. The minimum Gasteiger partial charge on any atom is -0.462 e. The SMILES string of the molecule is CCOC(=O)c1c(NC(=O)C(CC)OC(=O)c2ccc3ncoc3c2)sc2c1CCCCCC2. The number of aromatic nitrogens is 1. The highest BCUT2D eigenvalue weighted by molar-refractivity contribution is 7.17. The van der Waals surface area contributed by atoms with Crippen LogP contribution in [0.25, 0.3) is 11.1 Å². The van der Waals surface area contributed by atoms with Crippen LogP contribution in [0.5, 0.6) is 0 Å². The van der Waals surface area contributed by atoms with E-state index in [2.05, 4.69) is 10.3 Å². The number of carbonyl (C=O) groups is 3. The second kappa shape index (κ2) is 10.8. The number of carbonyl (C=O) groups excluding carboxylic acids is 3. The van der Waals surface area contributed by atoms with Gasteiger partial charge in [-0.3, -0.25) is 4.79 Å². The lowest BCUT2D eigenvalue weighted by Crippen LogP contribution is -2.32. The third kappa shape index (κ3) is 5.14. The topological polar surface area (TPSA) is 108 Å². The zero-order valence-electron chi connectivity index (χ0n) is 19.3. The molecule has 0 spiro atoms. The van der Waals surface area contributed by atoms with Crippen molar-refractivity contribution >= 4 is 45.3 Å². The van der Waals surface area contributed by atoms with Gasteiger partial charge in [-0.1, -0.05) is 19.8 Å². The number of ether oxygens (including phenoxy) is 2. The zero-order chi connectivity index (χ0) is 24.1. The number of thiophene rings is 1. The van der Waals surface area contributed by atoms with Crippen LogP contribution >= 0.6 is 11.3 Å². The molecule has 0 saturated carbocycles. The summed E-state index contributed by atoms with van der Waals surface area (Å²) in [5, 5.41) is 3.32. The molecular formula is C25H28N2O6S. The van der Waals surface area contributed by atoms with E-state index in [4.69, 9.17) is 13.9 Å². The molecule has 0 fully saturated rings. The molecule has 3 aromatic rings. The van der Waals surface area contributed by atoms with Gasteiger partial charge in [0.15, 0.2) is 18.1 Å². The molecule has 2 aromatic heterocycles. The van der Waals surface area contributed by atoms with E-state index in [9.17, 15) is 14.4 Å². The van der Waals surface area contributed by atoms with Crippen molar-refractivity contribution in [2.24, 2.45) is 0 Å². The fourth-order valence-corrected chi connectivity index (χ4v) is 5.40. The van der Waals surface area contributed by atoms with E-state index < -0.39 is 23.9 Å². The van der Waals surface area contributed by atoms with Gasteiger partial charge in [0.05, 0.1) is 17.7 Å². The number of aryl methyl sites for hydroxylation is 1. The number of nitrogens with one attached hydrogen (secondary N) is 1. The Kier molecular flexibility index (Phi) is 7.62. The van der Waals surface area contributed by atoms with E-state index >= 15 is 0 Å². The third-order valence-electron chi connectivity index (χ3n) is 5.87. The highest BCUT2D eigenvalue weighted by Crippen LogP contribution is 2.37. The van der Waals surface area contributed by atoms with Gasteiger partial charge in [0.25, 0.3) is 5.91 Å². The van der Waals surface area contributed by atoms with Gasteiger partial charge in [-0.05, 0) is 62.8 Å². The summed E-state index contributed by atoms with van der Waals surface area (Å²) in [5.41, 5.74) is 2.77. The molecule has 8 nitrogen and oxygen atoms in total. The first kappa shape index (κ1) is 23.9. The van der Waals surface area contributed by atoms with E-state index in [1.54, 1.807) is 26.0 Å². The minimum atomic E-state index is -1.02. The Balaban J connectivity index is 1.54. The molecule has 1 amide bonds. The van der Waals surface area contributed by atoms with Crippen molar-refractivity contribution in [3.63, 3.8) is 0 Å². The summed E-state index contributed by atoms with van der Waals surface area (Å²) < 4.78 is 16.1. The summed E-state index contributed by atoms with van der Waals surface area (Å²) in [7, 11) is 0. The predicted octanol–water partition coefficient (Wildman–Crippen LogP) is 5.30. The molecule has 180 valence electrons. The van der Waals surface area contributed by atoms with Crippen LogP contribution in [0.2, 0.25) is 0 Å². The fourth-order valence-electron chi connectivity index (χ4n) is 4.12. The first-order valence-corrected chi connectivity index (χ1v) is 12.5. The molecule has 1 atom stereocenters. The summed E-state index contributed by atoms with van der Waals surface area (Å²) in [6.45, 7) is 3.77. The summed E-state index contributed by atoms with van der Waals surface area (Å²) >= 11 is 1.42. The Morgan fingerprint density at radius 1 is 1.12 bits per heavy atom. The zero-order valence-corrected chi connectivity index (χ0v) is 20.2. The van der Waals surface area contributed by atoms with Gasteiger partial charge in [0.2, 0.25) is 0 Å². The van der Waals surface area contributed by atoms with Crippen LogP contribution in [0.4, 0.5) is 5.00 Å². The van der Waals surface area contributed by atoms with Crippen molar-refractivity contribution in [2.45, 2.75) is 64.9 Å². The summed E-state index contributed by atoms with van der Waals surface area (Å²) in [6.07, 6.45) is 6.54. The standard InChI is InChI=1S/C25H28N2O6S/c1-3-18(33-24(29)15-11-12-17-19(13-15)32-14-26-17)22(28)27-23-21(25(30)31-4-2)16-9-7-5-6-8-10-20(16)34-23/h11-14,18H,3-10H2,1-2H3,(H,27,28). The average molecular weight is 485 g/mol. The lowest BCUT2D eigenvalue weighted by atomic mass is 9.96. The van der Waals surface area contributed by atoms with Gasteiger partial charge >= 0.3 is 11.9 Å². The van der Waals surface area contributed by atoms with E-state index in [1.165, 1.54) is 23.8 Å². The lowest BCUT2D eigenvalue weighted by Gasteiger charge is -2.16. The first-order valence-electron chi connectivity index (χ1n) is 11.7. The van der Waals surface area contributed by atoms with Crippen LogP contribution in [0.15, 0.2) is 29.0 Å². The first-order chi connectivity index (χ1) is 16.5. The molecule has 1 aromatic carbocycles. The Labute approximate surface area is 201 Å². The summed E-state index contributed by atoms with van der Waals surface area (Å²) in [6, 6.07) is 4.77. The summed E-state index contributed by atoms with van der Waals surface area (Å²) in [4.78, 5) is 43.7. The molecule has 34 heavy (non-hydrogen) atoms. The monoisotopic (exact) mass is 484 g/mol. The number of benzene rings is 1. The number of hydrogen-bond donors (Lipinski definition) is 1. The molecule has 0 bridgehead atoms. The lowest BCUT2D eigenvalue weighted by molar-refractivity contribution is -0.124. The van der Waals surface area contributed by atoms with Crippen molar-refractivity contribution < 1.29 is 28.3 Å². The average Bonchev–Trinajstić information content (AvgIpc) is 3.41. The molecule has 9 heteroatoms. The maximum atomic E-state index is 13.1. The highest BCUT2D eigenvalue weighted by atomic mass is 32.1. The molecule has 1 N–H and O–H groups in total. The Morgan fingerprint density at radius 2 is 1.91 bits per heavy atom. The van der Waals surface area contributed by atoms with Crippen LogP contribution < -0.4 is 5.32 Å². The van der Waals surface area contributed by atoms with Crippen LogP contribution in [-0.4, -0.2) is 35.5 Å². The van der Waals surface area contributed by atoms with Crippen LogP contribution in [0.1, 0.15) is 77.1 Å². The second-order valence-electron chi connectivity index (χ2n) is 8.17. The van der Waals surface area contributed by atoms with Crippen molar-refractivity contribution in [3.8, 4) is 0 Å². The van der Waals surface area contributed by atoms with Gasteiger partial charge in [0.1, 0.15) is 10.5 Å². The number of hydrogen-bond acceptors (Lipinski definition) is 8. The molecule has 1 aliphatic carbocycles. The van der Waals surface area contributed by atoms with Gasteiger partial charge < -0.3 is 19.2 Å². The van der Waals surface area contributed by atoms with Crippen molar-refractivity contribution in [1.82, 2.24) is 4.98 Å². The smallest absolute Gasteiger partial charge is 0.341 e. The number of nitrogens with zero attached hydrogens (tertiary/aromatic N) is 1. The van der Waals surface area contributed by atoms with E-state index in [1.807, 2.05) is 0 Å². The largest absolute Gasteiger partial charge is 0.462 e. The third-order valence-corrected chi connectivity index (χ3v) is 7.07. The molecule has 0 radical (unpaired) electrons. The maximum Gasteiger partial charge on any atom is 0.341 e. The molecular weight excluding hydrogens is 456 g/mol. The number of rotatable bonds is 7. The number of amides is 1. The number of anilines is 1. The Bertz CT molecular complexity index is 1200. The van der Waals surface area contributed by atoms with Crippen molar-refractivity contribution in [2.75, 3.05) is 11.9 Å². The van der Waals surface area contributed by atoms with E-state index in [0.29, 0.717) is 21.7 Å².